The van der Waals surface area contributed by atoms with Crippen molar-refractivity contribution in [2.24, 2.45) is 0 Å². The average molecular weight is 273 g/mol. The quantitative estimate of drug-likeness (QED) is 0.835. The molecule has 0 spiro atoms. The first-order valence-electron chi connectivity index (χ1n) is 7.67. The summed E-state index contributed by atoms with van der Waals surface area (Å²) in [7, 11) is 0. The van der Waals surface area contributed by atoms with E-state index in [9.17, 15) is 0 Å². The predicted octanol–water partition coefficient (Wildman–Crippen LogP) is 3.16. The standard InChI is InChI=1S/C17H27N3/c1-14(2)6-10-20-11-7-17(8-12-20)19-15(3)16-5-4-9-18-13-16/h4-6,9,13,15,17,19H,7-8,10-12H2,1-3H3/t15-/m1/s1. The maximum absolute atomic E-state index is 4.20. The topological polar surface area (TPSA) is 28.2 Å². The molecule has 1 aliphatic rings. The number of likely N-dealkylation sites (tertiary alicyclic amines) is 1. The number of hydrogen-bond donors (Lipinski definition) is 1. The molecule has 0 saturated carbocycles. The monoisotopic (exact) mass is 273 g/mol. The van der Waals surface area contributed by atoms with E-state index in [1.54, 1.807) is 0 Å². The van der Waals surface area contributed by atoms with Gasteiger partial charge in [0.1, 0.15) is 0 Å². The summed E-state index contributed by atoms with van der Waals surface area (Å²) in [4.78, 5) is 6.74. The Labute approximate surface area is 123 Å². The van der Waals surface area contributed by atoms with Crippen LogP contribution < -0.4 is 5.32 Å². The number of allylic oxidation sites excluding steroid dienone is 1. The maximum atomic E-state index is 4.20. The number of pyridine rings is 1. The van der Waals surface area contributed by atoms with E-state index in [4.69, 9.17) is 0 Å². The Morgan fingerprint density at radius 1 is 1.45 bits per heavy atom. The molecule has 0 aromatic carbocycles. The van der Waals surface area contributed by atoms with Gasteiger partial charge in [0.05, 0.1) is 0 Å². The molecule has 20 heavy (non-hydrogen) atoms. The van der Waals surface area contributed by atoms with Crippen LogP contribution in [0.4, 0.5) is 0 Å². The van der Waals surface area contributed by atoms with Gasteiger partial charge >= 0.3 is 0 Å². The van der Waals surface area contributed by atoms with E-state index in [-0.39, 0.29) is 0 Å². The zero-order chi connectivity index (χ0) is 14.4. The number of aromatic nitrogens is 1. The molecule has 3 nitrogen and oxygen atoms in total. The smallest absolute Gasteiger partial charge is 0.0315 e. The molecule has 2 heterocycles. The summed E-state index contributed by atoms with van der Waals surface area (Å²) in [5.41, 5.74) is 2.69. The zero-order valence-corrected chi connectivity index (χ0v) is 13.0. The van der Waals surface area contributed by atoms with Gasteiger partial charge in [0.2, 0.25) is 0 Å². The highest BCUT2D eigenvalue weighted by Crippen LogP contribution is 2.16. The molecule has 1 atom stereocenters. The van der Waals surface area contributed by atoms with Crippen molar-refractivity contribution in [2.45, 2.75) is 45.7 Å². The van der Waals surface area contributed by atoms with Gasteiger partial charge in [-0.2, -0.15) is 0 Å². The molecule has 1 aliphatic heterocycles. The van der Waals surface area contributed by atoms with Gasteiger partial charge in [0.25, 0.3) is 0 Å². The molecule has 1 fully saturated rings. The second kappa shape index (κ2) is 7.55. The lowest BCUT2D eigenvalue weighted by molar-refractivity contribution is 0.208. The summed E-state index contributed by atoms with van der Waals surface area (Å²) in [6, 6.07) is 5.18. The minimum absolute atomic E-state index is 0.387. The van der Waals surface area contributed by atoms with Crippen LogP contribution >= 0.6 is 0 Å². The van der Waals surface area contributed by atoms with Crippen molar-refractivity contribution in [1.29, 1.82) is 0 Å². The van der Waals surface area contributed by atoms with Gasteiger partial charge in [-0.15, -0.1) is 0 Å². The van der Waals surface area contributed by atoms with Crippen LogP contribution in [-0.2, 0) is 0 Å². The molecule has 1 aromatic rings. The van der Waals surface area contributed by atoms with Crippen molar-refractivity contribution in [3.05, 3.63) is 41.7 Å². The van der Waals surface area contributed by atoms with E-state index in [2.05, 4.69) is 48.1 Å². The van der Waals surface area contributed by atoms with Crippen LogP contribution in [0.15, 0.2) is 36.2 Å². The van der Waals surface area contributed by atoms with Crippen molar-refractivity contribution >= 4 is 0 Å². The van der Waals surface area contributed by atoms with Gasteiger partial charge in [-0.3, -0.25) is 9.88 Å². The van der Waals surface area contributed by atoms with Crippen molar-refractivity contribution in [2.75, 3.05) is 19.6 Å². The molecule has 0 radical (unpaired) electrons. The van der Waals surface area contributed by atoms with Crippen molar-refractivity contribution in [1.82, 2.24) is 15.2 Å². The first-order chi connectivity index (χ1) is 9.65. The lowest BCUT2D eigenvalue weighted by Crippen LogP contribution is -2.43. The van der Waals surface area contributed by atoms with Crippen molar-refractivity contribution in [3.8, 4) is 0 Å². The largest absolute Gasteiger partial charge is 0.307 e. The van der Waals surface area contributed by atoms with E-state index in [1.807, 2.05) is 18.5 Å². The van der Waals surface area contributed by atoms with Crippen molar-refractivity contribution in [3.63, 3.8) is 0 Å². The summed E-state index contributed by atoms with van der Waals surface area (Å²) >= 11 is 0. The SMILES string of the molecule is CC(C)=CCN1CCC(N[C@H](C)c2cccnc2)CC1. The highest BCUT2D eigenvalue weighted by Gasteiger charge is 2.20. The molecule has 1 saturated heterocycles. The fourth-order valence-electron chi connectivity index (χ4n) is 2.68. The minimum Gasteiger partial charge on any atom is -0.307 e. The van der Waals surface area contributed by atoms with Crippen LogP contribution in [0.2, 0.25) is 0 Å². The molecule has 3 heteroatoms. The summed E-state index contributed by atoms with van der Waals surface area (Å²) in [6.45, 7) is 10.1. The Morgan fingerprint density at radius 3 is 2.80 bits per heavy atom. The van der Waals surface area contributed by atoms with Crippen LogP contribution in [0.1, 0.15) is 45.2 Å². The average Bonchev–Trinajstić information content (AvgIpc) is 2.47. The lowest BCUT2D eigenvalue weighted by atomic mass is 10.0. The van der Waals surface area contributed by atoms with Gasteiger partial charge in [0.15, 0.2) is 0 Å². The van der Waals surface area contributed by atoms with Gasteiger partial charge in [-0.1, -0.05) is 17.7 Å². The summed E-state index contributed by atoms with van der Waals surface area (Å²) in [6.07, 6.45) is 8.59. The zero-order valence-electron chi connectivity index (χ0n) is 13.0. The second-order valence-electron chi connectivity index (χ2n) is 6.03. The Hall–Kier alpha value is -1.19. The molecular weight excluding hydrogens is 246 g/mol. The normalized spacial score (nSPS) is 18.8. The number of nitrogens with zero attached hydrogens (tertiary/aromatic N) is 2. The minimum atomic E-state index is 0.387. The van der Waals surface area contributed by atoms with E-state index in [1.165, 1.54) is 37.1 Å². The van der Waals surface area contributed by atoms with Gasteiger partial charge in [-0.05, 0) is 58.3 Å². The van der Waals surface area contributed by atoms with Gasteiger partial charge in [0, 0.05) is 31.0 Å². The van der Waals surface area contributed by atoms with Crippen LogP contribution in [0.5, 0.6) is 0 Å². The number of rotatable bonds is 5. The molecule has 0 bridgehead atoms. The van der Waals surface area contributed by atoms with Crippen molar-refractivity contribution < 1.29 is 0 Å². The molecule has 0 amide bonds. The third kappa shape index (κ3) is 4.73. The van der Waals surface area contributed by atoms with Gasteiger partial charge < -0.3 is 5.32 Å². The number of hydrogen-bond acceptors (Lipinski definition) is 3. The molecule has 1 aromatic heterocycles. The highest BCUT2D eigenvalue weighted by atomic mass is 15.1. The summed E-state index contributed by atoms with van der Waals surface area (Å²) in [5, 5.41) is 3.74. The molecule has 0 aliphatic carbocycles. The Morgan fingerprint density at radius 2 is 2.20 bits per heavy atom. The first kappa shape index (κ1) is 15.2. The third-order valence-corrected chi connectivity index (χ3v) is 4.02. The number of piperidine rings is 1. The predicted molar refractivity (Wildman–Crippen MR) is 84.7 cm³/mol. The van der Waals surface area contributed by atoms with Crippen LogP contribution in [0.3, 0.4) is 0 Å². The molecule has 0 unspecified atom stereocenters. The summed E-state index contributed by atoms with van der Waals surface area (Å²) in [5.74, 6) is 0. The van der Waals surface area contributed by atoms with Gasteiger partial charge in [-0.25, -0.2) is 0 Å². The van der Waals surface area contributed by atoms with E-state index < -0.39 is 0 Å². The highest BCUT2D eigenvalue weighted by molar-refractivity contribution is 5.13. The van der Waals surface area contributed by atoms with Crippen LogP contribution in [0, 0.1) is 0 Å². The summed E-state index contributed by atoms with van der Waals surface area (Å²) < 4.78 is 0. The van der Waals surface area contributed by atoms with E-state index in [0.29, 0.717) is 12.1 Å². The lowest BCUT2D eigenvalue weighted by Gasteiger charge is -2.33. The fourth-order valence-corrected chi connectivity index (χ4v) is 2.68. The second-order valence-corrected chi connectivity index (χ2v) is 6.03. The molecular formula is C17H27N3. The Bertz CT molecular complexity index is 415. The third-order valence-electron chi connectivity index (χ3n) is 4.02. The first-order valence-corrected chi connectivity index (χ1v) is 7.67. The fraction of sp³-hybridized carbons (Fsp3) is 0.588. The Balaban J connectivity index is 1.76. The molecule has 110 valence electrons. The molecule has 2 rings (SSSR count). The maximum Gasteiger partial charge on any atom is 0.0315 e. The molecule has 1 N–H and O–H groups in total. The Kier molecular flexibility index (Phi) is 5.74. The van der Waals surface area contributed by atoms with E-state index in [0.717, 1.165) is 6.54 Å². The van der Waals surface area contributed by atoms with Crippen LogP contribution in [-0.4, -0.2) is 35.6 Å². The number of nitrogens with one attached hydrogen (secondary N) is 1. The van der Waals surface area contributed by atoms with Crippen LogP contribution in [0.25, 0.3) is 0 Å². The van der Waals surface area contributed by atoms with E-state index >= 15 is 0 Å².